The molecule has 3 nitrogen and oxygen atoms in total. The molecule has 0 bridgehead atoms. The predicted molar refractivity (Wildman–Crippen MR) is 80.0 cm³/mol. The van der Waals surface area contributed by atoms with Crippen LogP contribution in [0.5, 0.6) is 0 Å². The van der Waals surface area contributed by atoms with Crippen LogP contribution in [0.1, 0.15) is 58.8 Å². The van der Waals surface area contributed by atoms with Crippen molar-refractivity contribution < 1.29 is 8.42 Å². The van der Waals surface area contributed by atoms with Crippen LogP contribution in [0.15, 0.2) is 0 Å². The van der Waals surface area contributed by atoms with E-state index in [1.165, 1.54) is 38.4 Å². The third-order valence-corrected chi connectivity index (χ3v) is 7.10. The molecule has 0 saturated heterocycles. The van der Waals surface area contributed by atoms with Gasteiger partial charge in [0.1, 0.15) is 0 Å². The second-order valence-electron chi connectivity index (χ2n) is 7.39. The first-order valence-electron chi connectivity index (χ1n) is 7.69. The van der Waals surface area contributed by atoms with E-state index in [-0.39, 0.29) is 0 Å². The van der Waals surface area contributed by atoms with Crippen LogP contribution in [0.25, 0.3) is 0 Å². The van der Waals surface area contributed by atoms with Gasteiger partial charge in [-0.05, 0) is 43.6 Å². The van der Waals surface area contributed by atoms with Crippen molar-refractivity contribution >= 4 is 9.84 Å². The summed E-state index contributed by atoms with van der Waals surface area (Å²) in [6, 6.07) is 0. The standard InChI is InChI=1S/C15H29NO2S/c1-13(2)9-16-12-15(19(3,17)18)10-14(11-15)7-5-4-6-8-14/h13,16H,4-12H2,1-3H3. The summed E-state index contributed by atoms with van der Waals surface area (Å²) >= 11 is 0. The van der Waals surface area contributed by atoms with E-state index < -0.39 is 14.6 Å². The SMILES string of the molecule is CC(C)CNCC1(S(C)(=O)=O)CC2(CCCCC2)C1. The lowest BCUT2D eigenvalue weighted by Gasteiger charge is -2.57. The fourth-order valence-electron chi connectivity index (χ4n) is 4.08. The Labute approximate surface area is 118 Å². The highest BCUT2D eigenvalue weighted by atomic mass is 32.2. The second-order valence-corrected chi connectivity index (χ2v) is 9.80. The molecule has 2 aliphatic carbocycles. The highest BCUT2D eigenvalue weighted by Gasteiger charge is 2.59. The van der Waals surface area contributed by atoms with E-state index in [2.05, 4.69) is 19.2 Å². The summed E-state index contributed by atoms with van der Waals surface area (Å²) in [5, 5.41) is 3.38. The molecule has 0 aromatic heterocycles. The summed E-state index contributed by atoms with van der Waals surface area (Å²) in [5.74, 6) is 0.570. The Bertz CT molecular complexity index is 400. The van der Waals surface area contributed by atoms with E-state index in [0.717, 1.165) is 19.4 Å². The van der Waals surface area contributed by atoms with Gasteiger partial charge in [0.15, 0.2) is 9.84 Å². The Morgan fingerprint density at radius 1 is 1.11 bits per heavy atom. The molecule has 0 unspecified atom stereocenters. The summed E-state index contributed by atoms with van der Waals surface area (Å²) in [4.78, 5) is 0. The molecule has 2 saturated carbocycles. The molecule has 0 heterocycles. The van der Waals surface area contributed by atoms with Crippen molar-refractivity contribution in [3.8, 4) is 0 Å². The van der Waals surface area contributed by atoms with Crippen molar-refractivity contribution in [1.29, 1.82) is 0 Å². The topological polar surface area (TPSA) is 46.2 Å². The number of nitrogens with one attached hydrogen (secondary N) is 1. The summed E-state index contributed by atoms with van der Waals surface area (Å²) in [6.45, 7) is 5.86. The van der Waals surface area contributed by atoms with Gasteiger partial charge >= 0.3 is 0 Å². The summed E-state index contributed by atoms with van der Waals surface area (Å²) in [5.41, 5.74) is 0.362. The molecule has 1 spiro atoms. The zero-order chi connectivity index (χ0) is 14.1. The molecule has 2 rings (SSSR count). The van der Waals surface area contributed by atoms with Crippen molar-refractivity contribution in [2.24, 2.45) is 11.3 Å². The maximum atomic E-state index is 12.2. The molecule has 0 radical (unpaired) electrons. The van der Waals surface area contributed by atoms with Gasteiger partial charge in [-0.25, -0.2) is 8.42 Å². The van der Waals surface area contributed by atoms with Crippen LogP contribution < -0.4 is 5.32 Å². The third kappa shape index (κ3) is 3.15. The Hall–Kier alpha value is -0.0900. The lowest BCUT2D eigenvalue weighted by Crippen LogP contribution is -2.61. The molecule has 4 heteroatoms. The first-order chi connectivity index (χ1) is 8.79. The first kappa shape index (κ1) is 15.3. The van der Waals surface area contributed by atoms with Gasteiger partial charge in [-0.1, -0.05) is 33.1 Å². The highest BCUT2D eigenvalue weighted by molar-refractivity contribution is 7.92. The number of hydrogen-bond donors (Lipinski definition) is 1. The molecule has 19 heavy (non-hydrogen) atoms. The van der Waals surface area contributed by atoms with Crippen molar-refractivity contribution in [3.05, 3.63) is 0 Å². The van der Waals surface area contributed by atoms with Crippen molar-refractivity contribution in [1.82, 2.24) is 5.32 Å². The van der Waals surface area contributed by atoms with Gasteiger partial charge < -0.3 is 5.32 Å². The zero-order valence-corrected chi connectivity index (χ0v) is 13.5. The molecule has 0 amide bonds. The molecule has 0 aromatic carbocycles. The summed E-state index contributed by atoms with van der Waals surface area (Å²) < 4.78 is 23.9. The zero-order valence-electron chi connectivity index (χ0n) is 12.7. The molecular formula is C15H29NO2S. The molecule has 1 N–H and O–H groups in total. The molecular weight excluding hydrogens is 258 g/mol. The van der Waals surface area contributed by atoms with E-state index in [9.17, 15) is 8.42 Å². The largest absolute Gasteiger partial charge is 0.315 e. The number of hydrogen-bond acceptors (Lipinski definition) is 3. The molecule has 2 fully saturated rings. The van der Waals surface area contributed by atoms with E-state index >= 15 is 0 Å². The van der Waals surface area contributed by atoms with Crippen LogP contribution in [-0.2, 0) is 9.84 Å². The van der Waals surface area contributed by atoms with E-state index in [0.29, 0.717) is 17.9 Å². The van der Waals surface area contributed by atoms with Crippen LogP contribution in [0.2, 0.25) is 0 Å². The van der Waals surface area contributed by atoms with Gasteiger partial charge in [-0.2, -0.15) is 0 Å². The van der Waals surface area contributed by atoms with Crippen LogP contribution in [0.3, 0.4) is 0 Å². The normalized spacial score (nSPS) is 25.5. The van der Waals surface area contributed by atoms with Crippen LogP contribution in [-0.4, -0.2) is 32.5 Å². The molecule has 0 aromatic rings. The number of rotatable bonds is 5. The van der Waals surface area contributed by atoms with Crippen molar-refractivity contribution in [2.75, 3.05) is 19.3 Å². The first-order valence-corrected chi connectivity index (χ1v) is 9.58. The maximum Gasteiger partial charge on any atom is 0.154 e. The van der Waals surface area contributed by atoms with Gasteiger partial charge in [0.25, 0.3) is 0 Å². The minimum Gasteiger partial charge on any atom is -0.315 e. The van der Waals surface area contributed by atoms with Gasteiger partial charge in [0.2, 0.25) is 0 Å². The van der Waals surface area contributed by atoms with Crippen molar-refractivity contribution in [2.45, 2.75) is 63.5 Å². The van der Waals surface area contributed by atoms with Gasteiger partial charge in [0, 0.05) is 12.8 Å². The van der Waals surface area contributed by atoms with E-state index in [1.807, 2.05) is 0 Å². The fourth-order valence-corrected chi connectivity index (χ4v) is 5.58. The molecule has 0 atom stereocenters. The monoisotopic (exact) mass is 287 g/mol. The lowest BCUT2D eigenvalue weighted by atomic mass is 9.55. The average molecular weight is 287 g/mol. The quantitative estimate of drug-likeness (QED) is 0.846. The van der Waals surface area contributed by atoms with Crippen molar-refractivity contribution in [3.63, 3.8) is 0 Å². The van der Waals surface area contributed by atoms with Gasteiger partial charge in [0.05, 0.1) is 4.75 Å². The highest BCUT2D eigenvalue weighted by Crippen LogP contribution is 2.59. The second kappa shape index (κ2) is 5.36. The van der Waals surface area contributed by atoms with Gasteiger partial charge in [-0.3, -0.25) is 0 Å². The summed E-state index contributed by atoms with van der Waals surface area (Å²) in [6.07, 6.45) is 9.62. The Kier molecular flexibility index (Phi) is 4.32. The smallest absolute Gasteiger partial charge is 0.154 e. The minimum atomic E-state index is -2.96. The Morgan fingerprint density at radius 2 is 1.68 bits per heavy atom. The van der Waals surface area contributed by atoms with Gasteiger partial charge in [-0.15, -0.1) is 0 Å². The van der Waals surface area contributed by atoms with E-state index in [4.69, 9.17) is 0 Å². The lowest BCUT2D eigenvalue weighted by molar-refractivity contribution is 0.0316. The fraction of sp³-hybridized carbons (Fsp3) is 1.00. The van der Waals surface area contributed by atoms with Crippen LogP contribution >= 0.6 is 0 Å². The van der Waals surface area contributed by atoms with E-state index in [1.54, 1.807) is 0 Å². The Morgan fingerprint density at radius 3 is 2.16 bits per heavy atom. The summed E-state index contributed by atoms with van der Waals surface area (Å²) in [7, 11) is -2.96. The molecule has 2 aliphatic rings. The molecule has 0 aliphatic heterocycles. The Balaban J connectivity index is 2.00. The predicted octanol–water partition coefficient (Wildman–Crippen LogP) is 2.76. The number of sulfone groups is 1. The van der Waals surface area contributed by atoms with Crippen LogP contribution in [0.4, 0.5) is 0 Å². The maximum absolute atomic E-state index is 12.2. The molecule has 112 valence electrons. The minimum absolute atomic E-state index is 0.362. The average Bonchev–Trinajstić information content (AvgIpc) is 2.25. The van der Waals surface area contributed by atoms with Crippen LogP contribution in [0, 0.1) is 11.3 Å². The third-order valence-electron chi connectivity index (χ3n) is 5.09.